The van der Waals surface area contributed by atoms with E-state index in [2.05, 4.69) is 70.6 Å². The van der Waals surface area contributed by atoms with Gasteiger partial charge < -0.3 is 10.2 Å². The highest BCUT2D eigenvalue weighted by molar-refractivity contribution is 5.98. The number of aromatic nitrogens is 4. The lowest BCUT2D eigenvalue weighted by atomic mass is 10.0. The van der Waals surface area contributed by atoms with Crippen LogP contribution >= 0.6 is 0 Å². The van der Waals surface area contributed by atoms with E-state index in [4.69, 9.17) is 0 Å². The molecule has 1 aliphatic heterocycles. The molecule has 1 fully saturated rings. The van der Waals surface area contributed by atoms with Crippen molar-refractivity contribution in [1.29, 1.82) is 0 Å². The van der Waals surface area contributed by atoms with Crippen LogP contribution in [0.4, 0.5) is 5.69 Å². The summed E-state index contributed by atoms with van der Waals surface area (Å²) in [5, 5.41) is 10.1. The highest BCUT2D eigenvalue weighted by Gasteiger charge is 2.17. The summed E-state index contributed by atoms with van der Waals surface area (Å²) in [6.07, 6.45) is 11.7. The van der Waals surface area contributed by atoms with Crippen LogP contribution in [0.2, 0.25) is 0 Å². The number of carbonyl (C=O) groups excluding carboxylic acids is 1. The van der Waals surface area contributed by atoms with Gasteiger partial charge in [-0.3, -0.25) is 19.4 Å². The Bertz CT molecular complexity index is 1340. The summed E-state index contributed by atoms with van der Waals surface area (Å²) in [5.41, 5.74) is 4.45. The first-order valence-corrected chi connectivity index (χ1v) is 12.3. The molecule has 0 saturated carbocycles. The number of Topliss-reactive ketones (excluding diaryl/α,β-unsaturated/α-hetero) is 1. The molecular formula is C28H32N6O. The van der Waals surface area contributed by atoms with Gasteiger partial charge in [-0.2, -0.15) is 5.10 Å². The smallest absolute Gasteiger partial charge is 0.170 e. The fraction of sp³-hybridized carbons (Fsp3) is 0.357. The molecule has 35 heavy (non-hydrogen) atoms. The van der Waals surface area contributed by atoms with Crippen LogP contribution in [0, 0.1) is 0 Å². The molecule has 7 nitrogen and oxygen atoms in total. The maximum atomic E-state index is 13.1. The van der Waals surface area contributed by atoms with Crippen LogP contribution in [0.15, 0.2) is 61.3 Å². The van der Waals surface area contributed by atoms with E-state index < -0.39 is 0 Å². The molecule has 5 rings (SSSR count). The highest BCUT2D eigenvalue weighted by Crippen LogP contribution is 2.25. The Kier molecular flexibility index (Phi) is 6.59. The van der Waals surface area contributed by atoms with Gasteiger partial charge in [-0.05, 0) is 76.0 Å². The third-order valence-corrected chi connectivity index (χ3v) is 6.73. The summed E-state index contributed by atoms with van der Waals surface area (Å²) >= 11 is 0. The zero-order valence-electron chi connectivity index (χ0n) is 20.6. The minimum absolute atomic E-state index is 0.0192. The third kappa shape index (κ3) is 5.41. The number of benzene rings is 1. The van der Waals surface area contributed by atoms with E-state index in [9.17, 15) is 4.79 Å². The summed E-state index contributed by atoms with van der Waals surface area (Å²) in [6.45, 7) is 6.39. The topological polar surface area (TPSA) is 75.9 Å². The van der Waals surface area contributed by atoms with E-state index in [-0.39, 0.29) is 12.2 Å². The van der Waals surface area contributed by atoms with Crippen molar-refractivity contribution in [3.05, 3.63) is 72.6 Å². The number of anilines is 1. The normalized spacial score (nSPS) is 15.1. The predicted octanol–water partition coefficient (Wildman–Crippen LogP) is 5.01. The molecule has 1 saturated heterocycles. The van der Waals surface area contributed by atoms with Gasteiger partial charge in [-0.25, -0.2) is 0 Å². The zero-order valence-corrected chi connectivity index (χ0v) is 20.6. The van der Waals surface area contributed by atoms with E-state index in [0.717, 1.165) is 59.2 Å². The van der Waals surface area contributed by atoms with Crippen LogP contribution < -0.4 is 5.32 Å². The Hall–Kier alpha value is -3.58. The van der Waals surface area contributed by atoms with Crippen molar-refractivity contribution >= 4 is 22.2 Å². The molecule has 0 aliphatic carbocycles. The van der Waals surface area contributed by atoms with Gasteiger partial charge in [0, 0.05) is 59.1 Å². The minimum Gasteiger partial charge on any atom is -0.381 e. The van der Waals surface area contributed by atoms with Gasteiger partial charge in [0.25, 0.3) is 0 Å². The van der Waals surface area contributed by atoms with E-state index in [1.54, 1.807) is 12.4 Å². The van der Waals surface area contributed by atoms with Crippen molar-refractivity contribution in [3.63, 3.8) is 0 Å². The van der Waals surface area contributed by atoms with Gasteiger partial charge in [0.05, 0.1) is 18.3 Å². The van der Waals surface area contributed by atoms with Gasteiger partial charge in [0.2, 0.25) is 0 Å². The van der Waals surface area contributed by atoms with Gasteiger partial charge >= 0.3 is 0 Å². The van der Waals surface area contributed by atoms with Crippen molar-refractivity contribution < 1.29 is 4.79 Å². The number of piperidine rings is 1. The first-order valence-electron chi connectivity index (χ1n) is 12.3. The molecule has 0 amide bonds. The Balaban J connectivity index is 1.31. The summed E-state index contributed by atoms with van der Waals surface area (Å²) in [6, 6.07) is 11.0. The molecule has 0 unspecified atom stereocenters. The number of hydrogen-bond donors (Lipinski definition) is 1. The lowest BCUT2D eigenvalue weighted by Crippen LogP contribution is -2.36. The summed E-state index contributed by atoms with van der Waals surface area (Å²) < 4.78 is 1.96. The third-order valence-electron chi connectivity index (χ3n) is 6.73. The first kappa shape index (κ1) is 23.2. The monoisotopic (exact) mass is 468 g/mol. The number of likely N-dealkylation sites (tertiary alicyclic amines) is 1. The van der Waals surface area contributed by atoms with E-state index in [1.807, 2.05) is 29.2 Å². The van der Waals surface area contributed by atoms with Crippen molar-refractivity contribution in [2.45, 2.75) is 45.2 Å². The lowest BCUT2D eigenvalue weighted by molar-refractivity contribution is 0.0991. The molecule has 1 aliphatic rings. The molecule has 7 heteroatoms. The number of nitrogens with zero attached hydrogens (tertiary/aromatic N) is 5. The largest absolute Gasteiger partial charge is 0.381 e. The molecular weight excluding hydrogens is 436 g/mol. The number of carbonyl (C=O) groups is 1. The van der Waals surface area contributed by atoms with Gasteiger partial charge in [-0.1, -0.05) is 12.1 Å². The molecule has 4 heterocycles. The number of pyridine rings is 2. The summed E-state index contributed by atoms with van der Waals surface area (Å²) in [4.78, 5) is 24.3. The Labute approximate surface area is 206 Å². The Morgan fingerprint density at radius 1 is 1.03 bits per heavy atom. The van der Waals surface area contributed by atoms with Crippen LogP contribution in [0.3, 0.4) is 0 Å². The van der Waals surface area contributed by atoms with Gasteiger partial charge in [0.1, 0.15) is 0 Å². The molecule has 1 aromatic carbocycles. The first-order chi connectivity index (χ1) is 16.9. The molecule has 4 aromatic rings. The van der Waals surface area contributed by atoms with Gasteiger partial charge in [-0.15, -0.1) is 0 Å². The molecule has 3 aromatic heterocycles. The molecule has 0 atom stereocenters. The molecule has 0 spiro atoms. The molecule has 0 radical (unpaired) electrons. The SMILES string of the molecule is CC(C)n1cc(-c2ccc3cnc(CC(=O)c4cncc(NC5CCN(C)CC5)c4)cc3c2)cn1. The van der Waals surface area contributed by atoms with E-state index in [0.29, 0.717) is 17.6 Å². The van der Waals surface area contributed by atoms with Crippen LogP contribution in [0.25, 0.3) is 21.9 Å². The van der Waals surface area contributed by atoms with Crippen molar-refractivity contribution in [2.75, 3.05) is 25.5 Å². The fourth-order valence-electron chi connectivity index (χ4n) is 4.56. The van der Waals surface area contributed by atoms with Crippen molar-refractivity contribution in [3.8, 4) is 11.1 Å². The maximum Gasteiger partial charge on any atom is 0.170 e. The Morgan fingerprint density at radius 2 is 1.86 bits per heavy atom. The molecule has 180 valence electrons. The van der Waals surface area contributed by atoms with Crippen molar-refractivity contribution in [2.24, 2.45) is 0 Å². The lowest BCUT2D eigenvalue weighted by Gasteiger charge is -2.30. The van der Waals surface area contributed by atoms with Crippen LogP contribution in [0.1, 0.15) is 48.8 Å². The quantitative estimate of drug-likeness (QED) is 0.385. The second-order valence-electron chi connectivity index (χ2n) is 9.82. The van der Waals surface area contributed by atoms with Gasteiger partial charge in [0.15, 0.2) is 5.78 Å². The molecule has 0 bridgehead atoms. The van der Waals surface area contributed by atoms with Crippen molar-refractivity contribution in [1.82, 2.24) is 24.6 Å². The molecule has 1 N–H and O–H groups in total. The number of ketones is 1. The van der Waals surface area contributed by atoms with E-state index in [1.165, 1.54) is 0 Å². The summed E-state index contributed by atoms with van der Waals surface area (Å²) in [7, 11) is 2.15. The number of rotatable bonds is 7. The second-order valence-corrected chi connectivity index (χ2v) is 9.82. The average molecular weight is 469 g/mol. The number of hydrogen-bond acceptors (Lipinski definition) is 6. The Morgan fingerprint density at radius 3 is 2.63 bits per heavy atom. The number of fused-ring (bicyclic) bond motifs is 1. The van der Waals surface area contributed by atoms with Crippen LogP contribution in [0.5, 0.6) is 0 Å². The maximum absolute atomic E-state index is 13.1. The minimum atomic E-state index is 0.0192. The second kappa shape index (κ2) is 9.96. The van der Waals surface area contributed by atoms with Crippen LogP contribution in [-0.4, -0.2) is 56.6 Å². The van der Waals surface area contributed by atoms with Crippen LogP contribution in [-0.2, 0) is 6.42 Å². The highest BCUT2D eigenvalue weighted by atomic mass is 16.1. The van der Waals surface area contributed by atoms with E-state index >= 15 is 0 Å². The average Bonchev–Trinajstić information content (AvgIpc) is 3.36. The standard InChI is InChI=1S/C28H32N6O/c1-19(2)34-18-24(16-31-34)20-4-5-21-15-30-26(11-22(21)10-20)13-28(35)23-12-27(17-29-14-23)32-25-6-8-33(3)9-7-25/h4-5,10-12,14-19,25,32H,6-9,13H2,1-3H3. The number of nitrogens with one attached hydrogen (secondary N) is 1. The summed E-state index contributed by atoms with van der Waals surface area (Å²) in [5.74, 6) is 0.0192. The predicted molar refractivity (Wildman–Crippen MR) is 140 cm³/mol. The fourth-order valence-corrected chi connectivity index (χ4v) is 4.56. The zero-order chi connectivity index (χ0) is 24.4.